The van der Waals surface area contributed by atoms with E-state index in [1.165, 1.54) is 0 Å². The first-order chi connectivity index (χ1) is 11.6. The Morgan fingerprint density at radius 3 is 1.33 bits per heavy atom. The molecule has 2 aromatic carbocycles. The molecule has 0 aliphatic heterocycles. The van der Waals surface area contributed by atoms with Gasteiger partial charge >= 0.3 is 0 Å². The first-order valence-corrected chi connectivity index (χ1v) is 7.05. The summed E-state index contributed by atoms with van der Waals surface area (Å²) in [5.74, 6) is 1.38. The van der Waals surface area contributed by atoms with Gasteiger partial charge in [-0.3, -0.25) is 0 Å². The topological polar surface area (TPSA) is 136 Å². The monoisotopic (exact) mass is 330 g/mol. The van der Waals surface area contributed by atoms with Gasteiger partial charge < -0.3 is 31.4 Å². The van der Waals surface area contributed by atoms with E-state index < -0.39 is 0 Å². The number of nitrogens with zero attached hydrogens (tertiary/aromatic N) is 2. The molecule has 24 heavy (non-hydrogen) atoms. The van der Waals surface area contributed by atoms with Gasteiger partial charge in [-0.1, -0.05) is 10.3 Å². The molecule has 0 heterocycles. The minimum absolute atomic E-state index is 0.0419. The Bertz CT molecular complexity index is 648. The molecule has 0 bridgehead atoms. The summed E-state index contributed by atoms with van der Waals surface area (Å²) in [5.41, 5.74) is 12.2. The van der Waals surface area contributed by atoms with Gasteiger partial charge in [0.1, 0.15) is 24.7 Å². The van der Waals surface area contributed by atoms with Crippen molar-refractivity contribution in [1.82, 2.24) is 0 Å². The second kappa shape index (κ2) is 8.28. The van der Waals surface area contributed by atoms with Crippen molar-refractivity contribution in [3.05, 3.63) is 59.7 Å². The Balaban J connectivity index is 1.78. The van der Waals surface area contributed by atoms with Gasteiger partial charge in [-0.25, -0.2) is 0 Å². The van der Waals surface area contributed by atoms with Gasteiger partial charge in [0, 0.05) is 11.1 Å². The van der Waals surface area contributed by atoms with Crippen LogP contribution in [-0.4, -0.2) is 35.3 Å². The molecule has 0 unspecified atom stereocenters. The van der Waals surface area contributed by atoms with E-state index >= 15 is 0 Å². The second-order valence-corrected chi connectivity index (χ2v) is 4.72. The van der Waals surface area contributed by atoms with Crippen LogP contribution in [0.3, 0.4) is 0 Å². The molecule has 0 saturated carbocycles. The largest absolute Gasteiger partial charge is 0.490 e. The molecule has 126 valence electrons. The van der Waals surface area contributed by atoms with Crippen LogP contribution in [0, 0.1) is 0 Å². The summed E-state index contributed by atoms with van der Waals surface area (Å²) in [6, 6.07) is 13.7. The third-order valence-electron chi connectivity index (χ3n) is 3.14. The third kappa shape index (κ3) is 4.54. The summed E-state index contributed by atoms with van der Waals surface area (Å²) in [6.07, 6.45) is 0. The molecule has 0 radical (unpaired) electrons. The number of amidine groups is 2. The Morgan fingerprint density at radius 2 is 1.04 bits per heavy atom. The summed E-state index contributed by atoms with van der Waals surface area (Å²) >= 11 is 0. The minimum Gasteiger partial charge on any atom is -0.490 e. The highest BCUT2D eigenvalue weighted by Gasteiger charge is 2.01. The maximum absolute atomic E-state index is 8.59. The van der Waals surface area contributed by atoms with E-state index in [1.807, 2.05) is 0 Å². The Morgan fingerprint density at radius 1 is 0.708 bits per heavy atom. The van der Waals surface area contributed by atoms with Crippen LogP contribution >= 0.6 is 0 Å². The summed E-state index contributed by atoms with van der Waals surface area (Å²) in [7, 11) is 0. The van der Waals surface area contributed by atoms with Crippen LogP contribution in [0.1, 0.15) is 11.1 Å². The fraction of sp³-hybridized carbons (Fsp3) is 0.125. The van der Waals surface area contributed by atoms with E-state index in [4.69, 9.17) is 31.4 Å². The molecule has 0 amide bonds. The highest BCUT2D eigenvalue weighted by Crippen LogP contribution is 2.14. The van der Waals surface area contributed by atoms with E-state index in [1.54, 1.807) is 48.5 Å². The normalized spacial score (nSPS) is 12.0. The molecule has 6 N–H and O–H groups in total. The van der Waals surface area contributed by atoms with Crippen LogP contribution < -0.4 is 20.9 Å². The molecule has 0 aromatic heterocycles. The van der Waals surface area contributed by atoms with Crippen molar-refractivity contribution in [2.45, 2.75) is 0 Å². The van der Waals surface area contributed by atoms with Crippen molar-refractivity contribution >= 4 is 11.7 Å². The van der Waals surface area contributed by atoms with Gasteiger partial charge in [0.15, 0.2) is 11.7 Å². The zero-order valence-electron chi connectivity index (χ0n) is 12.8. The van der Waals surface area contributed by atoms with Crippen LogP contribution in [0.25, 0.3) is 0 Å². The van der Waals surface area contributed by atoms with E-state index in [0.29, 0.717) is 35.8 Å². The van der Waals surface area contributed by atoms with Crippen molar-refractivity contribution in [2.24, 2.45) is 21.8 Å². The lowest BCUT2D eigenvalue weighted by molar-refractivity contribution is 0.217. The number of nitrogens with two attached hydrogens (primary N) is 2. The quantitative estimate of drug-likeness (QED) is 0.199. The molecular weight excluding hydrogens is 312 g/mol. The smallest absolute Gasteiger partial charge is 0.170 e. The fourth-order valence-electron chi connectivity index (χ4n) is 1.88. The number of benzene rings is 2. The number of oxime groups is 2. The highest BCUT2D eigenvalue weighted by molar-refractivity contribution is 5.97. The van der Waals surface area contributed by atoms with Crippen molar-refractivity contribution in [3.63, 3.8) is 0 Å². The van der Waals surface area contributed by atoms with Crippen LogP contribution in [0.2, 0.25) is 0 Å². The van der Waals surface area contributed by atoms with Crippen LogP contribution in [0.5, 0.6) is 11.5 Å². The Kier molecular flexibility index (Phi) is 5.84. The first-order valence-electron chi connectivity index (χ1n) is 7.05. The highest BCUT2D eigenvalue weighted by atomic mass is 16.5. The van der Waals surface area contributed by atoms with Crippen molar-refractivity contribution in [2.75, 3.05) is 13.2 Å². The molecule has 8 nitrogen and oxygen atoms in total. The molecule has 0 saturated heterocycles. The number of ether oxygens (including phenoxy) is 2. The van der Waals surface area contributed by atoms with Gasteiger partial charge in [0.2, 0.25) is 0 Å². The van der Waals surface area contributed by atoms with Gasteiger partial charge in [0.25, 0.3) is 0 Å². The second-order valence-electron chi connectivity index (χ2n) is 4.72. The first kappa shape index (κ1) is 16.9. The van der Waals surface area contributed by atoms with Crippen molar-refractivity contribution in [1.29, 1.82) is 0 Å². The standard InChI is InChI=1S/C16H18N4O4/c17-15(19-21)11-1-5-13(6-2-11)23-9-10-24-14-7-3-12(4-8-14)16(18)20-22/h1-8,21-22H,9-10H2,(H2,17,19)(H2,18,20). The third-order valence-corrected chi connectivity index (χ3v) is 3.14. The summed E-state index contributed by atoms with van der Waals surface area (Å²) in [5, 5.41) is 23.0. The number of hydrogen-bond donors (Lipinski definition) is 4. The van der Waals surface area contributed by atoms with E-state index in [0.717, 1.165) is 0 Å². The lowest BCUT2D eigenvalue weighted by Gasteiger charge is -2.09. The van der Waals surface area contributed by atoms with E-state index in [-0.39, 0.29) is 11.7 Å². The zero-order chi connectivity index (χ0) is 17.4. The van der Waals surface area contributed by atoms with Crippen LogP contribution in [0.4, 0.5) is 0 Å². The number of rotatable bonds is 7. The molecular formula is C16H18N4O4. The molecule has 2 aromatic rings. The Labute approximate surface area is 138 Å². The fourth-order valence-corrected chi connectivity index (χ4v) is 1.88. The summed E-state index contributed by atoms with van der Waals surface area (Å²) in [4.78, 5) is 0. The van der Waals surface area contributed by atoms with E-state index in [9.17, 15) is 0 Å². The van der Waals surface area contributed by atoms with E-state index in [2.05, 4.69) is 10.3 Å². The molecule has 0 aliphatic carbocycles. The van der Waals surface area contributed by atoms with Gasteiger partial charge in [0.05, 0.1) is 0 Å². The molecule has 2 rings (SSSR count). The lowest BCUT2D eigenvalue weighted by Crippen LogP contribution is -2.13. The Hall–Kier alpha value is -3.42. The molecule has 0 atom stereocenters. The van der Waals surface area contributed by atoms with Crippen LogP contribution in [-0.2, 0) is 0 Å². The van der Waals surface area contributed by atoms with Crippen molar-refractivity contribution < 1.29 is 19.9 Å². The average molecular weight is 330 g/mol. The van der Waals surface area contributed by atoms with Gasteiger partial charge in [-0.2, -0.15) is 0 Å². The maximum Gasteiger partial charge on any atom is 0.170 e. The average Bonchev–Trinajstić information content (AvgIpc) is 2.65. The minimum atomic E-state index is 0.0419. The van der Waals surface area contributed by atoms with Gasteiger partial charge in [-0.05, 0) is 48.5 Å². The summed E-state index contributed by atoms with van der Waals surface area (Å²) < 4.78 is 11.1. The number of hydrogen-bond acceptors (Lipinski definition) is 6. The lowest BCUT2D eigenvalue weighted by atomic mass is 10.2. The predicted molar refractivity (Wildman–Crippen MR) is 88.9 cm³/mol. The molecule has 8 heteroatoms. The molecule has 0 fully saturated rings. The van der Waals surface area contributed by atoms with Crippen molar-refractivity contribution in [3.8, 4) is 11.5 Å². The van der Waals surface area contributed by atoms with Crippen LogP contribution in [0.15, 0.2) is 58.8 Å². The summed E-state index contributed by atoms with van der Waals surface area (Å²) in [6.45, 7) is 0.704. The molecule has 0 aliphatic rings. The maximum atomic E-state index is 8.59. The van der Waals surface area contributed by atoms with Gasteiger partial charge in [-0.15, -0.1) is 0 Å². The predicted octanol–water partition coefficient (Wildman–Crippen LogP) is 1.33. The SMILES string of the molecule is N/C(=N\O)c1ccc(OCCOc2ccc(/C(N)=N/O)cc2)cc1. The zero-order valence-corrected chi connectivity index (χ0v) is 12.8. The molecule has 0 spiro atoms.